The number of hydrogen-bond donors (Lipinski definition) is 2. The van der Waals surface area contributed by atoms with Crippen LogP contribution in [0.15, 0.2) is 17.4 Å². The second-order valence-corrected chi connectivity index (χ2v) is 8.17. The van der Waals surface area contributed by atoms with E-state index in [1.807, 2.05) is 0 Å². The van der Waals surface area contributed by atoms with Gasteiger partial charge in [-0.15, -0.1) is 0 Å². The van der Waals surface area contributed by atoms with E-state index in [0.29, 0.717) is 12.8 Å². The van der Waals surface area contributed by atoms with Crippen LogP contribution in [-0.4, -0.2) is 60.9 Å². The molecule has 118 valence electrons. The first-order valence-corrected chi connectivity index (χ1v) is 8.48. The Morgan fingerprint density at radius 2 is 2.05 bits per heavy atom. The molecule has 0 bridgehead atoms. The third-order valence-electron chi connectivity index (χ3n) is 4.00. The second-order valence-electron chi connectivity index (χ2n) is 5.54. The molecule has 0 unspecified atom stereocenters. The largest absolute Gasteiger partial charge is 0.394 e. The van der Waals surface area contributed by atoms with E-state index in [-0.39, 0.29) is 30.6 Å². The van der Waals surface area contributed by atoms with Gasteiger partial charge in [-0.2, -0.15) is 5.10 Å². The maximum atomic E-state index is 12.3. The zero-order valence-corrected chi connectivity index (χ0v) is 12.7. The topological polar surface area (TPSA) is 99.1 Å². The molecule has 0 aromatic rings. The van der Waals surface area contributed by atoms with Gasteiger partial charge in [-0.05, 0) is 25.7 Å². The highest BCUT2D eigenvalue weighted by Crippen LogP contribution is 2.49. The van der Waals surface area contributed by atoms with Crippen molar-refractivity contribution in [2.24, 2.45) is 5.10 Å². The van der Waals surface area contributed by atoms with E-state index in [4.69, 9.17) is 5.11 Å². The highest BCUT2D eigenvalue weighted by molar-refractivity contribution is 7.94. The lowest BCUT2D eigenvalue weighted by molar-refractivity contribution is -0.119. The second kappa shape index (κ2) is 5.76. The van der Waals surface area contributed by atoms with Crippen molar-refractivity contribution in [3.8, 4) is 0 Å². The molecule has 0 aromatic heterocycles. The minimum atomic E-state index is -3.15. The van der Waals surface area contributed by atoms with Crippen LogP contribution in [-0.2, 0) is 14.6 Å². The van der Waals surface area contributed by atoms with Crippen LogP contribution in [0.2, 0.25) is 0 Å². The van der Waals surface area contributed by atoms with Gasteiger partial charge in [-0.3, -0.25) is 9.80 Å². The van der Waals surface area contributed by atoms with E-state index >= 15 is 0 Å². The molecule has 0 atom stereocenters. The molecule has 0 aromatic carbocycles. The van der Waals surface area contributed by atoms with Crippen LogP contribution in [0.4, 0.5) is 0 Å². The molecule has 0 heterocycles. The molecule has 2 rings (SSSR count). The highest BCUT2D eigenvalue weighted by Gasteiger charge is 2.59. The summed E-state index contributed by atoms with van der Waals surface area (Å²) in [7, 11) is -3.15. The summed E-state index contributed by atoms with van der Waals surface area (Å²) in [5, 5.41) is 16.0. The number of sulfone groups is 1. The maximum absolute atomic E-state index is 12.3. The molecule has 0 spiro atoms. The fourth-order valence-electron chi connectivity index (χ4n) is 2.28. The number of nitrogens with zero attached hydrogens (tertiary/aromatic N) is 2. The van der Waals surface area contributed by atoms with Gasteiger partial charge < -0.3 is 10.4 Å². The van der Waals surface area contributed by atoms with Gasteiger partial charge >= 0.3 is 0 Å². The number of nitrogens with one attached hydrogen (secondary N) is 1. The molecular formula is C13H21N3O4S. The van der Waals surface area contributed by atoms with Gasteiger partial charge in [0.2, 0.25) is 0 Å². The quantitative estimate of drug-likeness (QED) is 0.344. The zero-order valence-electron chi connectivity index (χ0n) is 11.9. The first kappa shape index (κ1) is 16.0. The van der Waals surface area contributed by atoms with Gasteiger partial charge in [0.15, 0.2) is 9.84 Å². The van der Waals surface area contributed by atoms with Crippen molar-refractivity contribution in [2.75, 3.05) is 19.7 Å². The van der Waals surface area contributed by atoms with Crippen molar-refractivity contribution >= 4 is 22.5 Å². The van der Waals surface area contributed by atoms with Gasteiger partial charge in [0.25, 0.3) is 5.91 Å². The fourth-order valence-corrected chi connectivity index (χ4v) is 4.69. The Kier molecular flexibility index (Phi) is 4.38. The first-order valence-electron chi connectivity index (χ1n) is 6.93. The van der Waals surface area contributed by atoms with Crippen molar-refractivity contribution in [1.29, 1.82) is 0 Å². The average Bonchev–Trinajstić information content (AvgIpc) is 3.32. The maximum Gasteiger partial charge on any atom is 0.268 e. The average molecular weight is 315 g/mol. The monoisotopic (exact) mass is 315 g/mol. The van der Waals surface area contributed by atoms with Crippen LogP contribution >= 0.6 is 0 Å². The SMILES string of the molecule is C=NN(CCO)C(=C)C(=O)NCC1(S(=O)(=O)C2CC2)CC1. The molecule has 2 fully saturated rings. The van der Waals surface area contributed by atoms with E-state index in [1.165, 1.54) is 5.01 Å². The van der Waals surface area contributed by atoms with E-state index in [0.717, 1.165) is 12.8 Å². The summed E-state index contributed by atoms with van der Waals surface area (Å²) in [5.41, 5.74) is 0.0404. The summed E-state index contributed by atoms with van der Waals surface area (Å²) >= 11 is 0. The van der Waals surface area contributed by atoms with Crippen LogP contribution in [0, 0.1) is 0 Å². The summed E-state index contributed by atoms with van der Waals surface area (Å²) < 4.78 is 23.8. The van der Waals surface area contributed by atoms with Gasteiger partial charge in [0.05, 0.1) is 23.1 Å². The van der Waals surface area contributed by atoms with Gasteiger partial charge in [0, 0.05) is 13.3 Å². The van der Waals surface area contributed by atoms with E-state index < -0.39 is 20.5 Å². The Labute approximate surface area is 124 Å². The smallest absolute Gasteiger partial charge is 0.268 e. The normalized spacial score (nSPS) is 19.7. The number of hydrogen-bond acceptors (Lipinski definition) is 6. The Bertz CT molecular complexity index is 550. The standard InChI is InChI=1S/C13H21N3O4S/c1-10(16(14-2)7-8-17)12(18)15-9-13(5-6-13)21(19,20)11-3-4-11/h11,17H,1-9H2,(H,15,18). The Morgan fingerprint density at radius 3 is 2.48 bits per heavy atom. The summed E-state index contributed by atoms with van der Waals surface area (Å²) in [4.78, 5) is 12.0. The minimum Gasteiger partial charge on any atom is -0.394 e. The Hall–Kier alpha value is -1.41. The number of hydrazone groups is 1. The number of aliphatic hydroxyl groups excluding tert-OH is 1. The van der Waals surface area contributed by atoms with E-state index in [2.05, 4.69) is 23.7 Å². The summed E-state index contributed by atoms with van der Waals surface area (Å²) in [6.45, 7) is 6.93. The summed E-state index contributed by atoms with van der Waals surface area (Å²) in [6, 6.07) is 0. The van der Waals surface area contributed by atoms with Gasteiger partial charge in [0.1, 0.15) is 5.70 Å². The number of aliphatic hydroxyl groups is 1. The fraction of sp³-hybridized carbons (Fsp3) is 0.692. The number of amides is 1. The molecule has 1 amide bonds. The Balaban J connectivity index is 1.92. The van der Waals surface area contributed by atoms with Gasteiger partial charge in [-0.1, -0.05) is 6.58 Å². The van der Waals surface area contributed by atoms with Crippen molar-refractivity contribution in [2.45, 2.75) is 35.7 Å². The predicted molar refractivity (Wildman–Crippen MR) is 79.4 cm³/mol. The van der Waals surface area contributed by atoms with Crippen LogP contribution in [0.5, 0.6) is 0 Å². The number of carbonyl (C=O) groups excluding carboxylic acids is 1. The van der Waals surface area contributed by atoms with Crippen molar-refractivity contribution < 1.29 is 18.3 Å². The van der Waals surface area contributed by atoms with E-state index in [9.17, 15) is 13.2 Å². The lowest BCUT2D eigenvalue weighted by atomic mass is 10.3. The lowest BCUT2D eigenvalue weighted by Crippen LogP contribution is -2.42. The highest BCUT2D eigenvalue weighted by atomic mass is 32.2. The lowest BCUT2D eigenvalue weighted by Gasteiger charge is -2.21. The molecule has 7 nitrogen and oxygen atoms in total. The van der Waals surface area contributed by atoms with Crippen molar-refractivity contribution in [1.82, 2.24) is 10.3 Å². The molecule has 2 N–H and O–H groups in total. The molecule has 0 saturated heterocycles. The third kappa shape index (κ3) is 3.11. The number of rotatable bonds is 9. The summed E-state index contributed by atoms with van der Waals surface area (Å²) in [6.07, 6.45) is 2.65. The van der Waals surface area contributed by atoms with Crippen LogP contribution in [0.1, 0.15) is 25.7 Å². The van der Waals surface area contributed by atoms with E-state index in [1.54, 1.807) is 0 Å². The van der Waals surface area contributed by atoms with Crippen LogP contribution < -0.4 is 5.32 Å². The Morgan fingerprint density at radius 1 is 1.43 bits per heavy atom. The number of carbonyl (C=O) groups is 1. The minimum absolute atomic E-state index is 0.0404. The molecule has 0 aliphatic heterocycles. The molecule has 21 heavy (non-hydrogen) atoms. The zero-order chi connectivity index (χ0) is 15.7. The summed E-state index contributed by atoms with van der Waals surface area (Å²) in [5.74, 6) is -0.492. The van der Waals surface area contributed by atoms with Crippen molar-refractivity contribution in [3.63, 3.8) is 0 Å². The van der Waals surface area contributed by atoms with Crippen LogP contribution in [0.3, 0.4) is 0 Å². The van der Waals surface area contributed by atoms with Gasteiger partial charge in [-0.25, -0.2) is 8.42 Å². The third-order valence-corrected chi connectivity index (χ3v) is 7.11. The molecule has 2 aliphatic rings. The molecule has 2 aliphatic carbocycles. The molecule has 0 radical (unpaired) electrons. The first-order chi connectivity index (χ1) is 9.88. The molecule has 2 saturated carbocycles. The predicted octanol–water partition coefficient (Wildman–Crippen LogP) is -0.364. The van der Waals surface area contributed by atoms with Crippen molar-refractivity contribution in [3.05, 3.63) is 12.3 Å². The molecular weight excluding hydrogens is 294 g/mol. The van der Waals surface area contributed by atoms with Crippen LogP contribution in [0.25, 0.3) is 0 Å². The molecule has 8 heteroatoms.